The van der Waals surface area contributed by atoms with Crippen molar-refractivity contribution < 1.29 is 24.2 Å². The molecule has 1 saturated heterocycles. The van der Waals surface area contributed by atoms with E-state index in [-0.39, 0.29) is 0 Å². The topological polar surface area (TPSA) is 99.2 Å². The van der Waals surface area contributed by atoms with Crippen LogP contribution in [0.1, 0.15) is 34.0 Å². The van der Waals surface area contributed by atoms with E-state index >= 15 is 0 Å². The molecule has 1 aliphatic heterocycles. The lowest BCUT2D eigenvalue weighted by molar-refractivity contribution is -0.135. The minimum atomic E-state index is -1.40. The average Bonchev–Trinajstić information content (AvgIpc) is 2.86. The highest BCUT2D eigenvalue weighted by Gasteiger charge is 2.32. The number of likely N-dealkylation sites (tertiary alicyclic amines) is 1. The summed E-state index contributed by atoms with van der Waals surface area (Å²) >= 11 is 0. The highest BCUT2D eigenvalue weighted by molar-refractivity contribution is 6.10. The van der Waals surface area contributed by atoms with E-state index in [4.69, 9.17) is 9.84 Å². The number of nitrogens with zero attached hydrogens (tertiary/aromatic N) is 2. The maximum atomic E-state index is 12.8. The van der Waals surface area contributed by atoms with Crippen LogP contribution in [0.15, 0.2) is 48.5 Å². The van der Waals surface area contributed by atoms with Crippen LogP contribution < -0.4 is 5.32 Å². The number of aliphatic hydroxyl groups excluding tert-OH is 1. The van der Waals surface area contributed by atoms with E-state index in [1.807, 2.05) is 19.1 Å². The number of rotatable bonds is 9. The van der Waals surface area contributed by atoms with Crippen molar-refractivity contribution in [3.05, 3.63) is 70.8 Å². The quantitative estimate of drug-likeness (QED) is 0.414. The molecule has 0 bridgehead atoms. The first-order valence-corrected chi connectivity index (χ1v) is 11.5. The molecule has 0 aliphatic carbocycles. The lowest BCUT2D eigenvalue weighted by Gasteiger charge is -2.38. The lowest BCUT2D eigenvalue weighted by atomic mass is 10.1. The molecule has 8 nitrogen and oxygen atoms in total. The molecule has 3 rings (SSSR count). The van der Waals surface area contributed by atoms with E-state index in [2.05, 4.69) is 34.2 Å². The molecule has 1 unspecified atom stereocenters. The Hall–Kier alpha value is -3.51. The van der Waals surface area contributed by atoms with Gasteiger partial charge in [-0.15, -0.1) is 0 Å². The molecular formula is C27H31N3O5. The lowest BCUT2D eigenvalue weighted by Crippen LogP contribution is -2.52. The van der Waals surface area contributed by atoms with Gasteiger partial charge >= 0.3 is 0 Å². The third-order valence-electron chi connectivity index (χ3n) is 5.83. The highest BCUT2D eigenvalue weighted by Crippen LogP contribution is 2.16. The number of carbonyl (C=O) groups excluding carboxylic acids is 3. The monoisotopic (exact) mass is 477 g/mol. The Morgan fingerprint density at radius 1 is 1.09 bits per heavy atom. The zero-order chi connectivity index (χ0) is 25.4. The summed E-state index contributed by atoms with van der Waals surface area (Å²) in [5.74, 6) is 4.28. The van der Waals surface area contributed by atoms with Crippen LogP contribution in [0, 0.1) is 11.8 Å². The summed E-state index contributed by atoms with van der Waals surface area (Å²) in [4.78, 5) is 40.1. The van der Waals surface area contributed by atoms with Crippen molar-refractivity contribution in [2.75, 3.05) is 40.4 Å². The minimum Gasteiger partial charge on any atom is -0.388 e. The van der Waals surface area contributed by atoms with Crippen LogP contribution in [0.25, 0.3) is 0 Å². The molecular weight excluding hydrogens is 446 g/mol. The van der Waals surface area contributed by atoms with Crippen molar-refractivity contribution in [1.29, 1.82) is 0 Å². The summed E-state index contributed by atoms with van der Waals surface area (Å²) in [6.07, 6.45) is 0.354. The van der Waals surface area contributed by atoms with E-state index in [0.717, 1.165) is 42.3 Å². The Balaban J connectivity index is 1.60. The van der Waals surface area contributed by atoms with Gasteiger partial charge in [0.05, 0.1) is 6.10 Å². The van der Waals surface area contributed by atoms with Crippen molar-refractivity contribution in [2.24, 2.45) is 0 Å². The number of hydrogen-bond acceptors (Lipinski definition) is 6. The van der Waals surface area contributed by atoms with E-state index in [1.54, 1.807) is 24.3 Å². The Morgan fingerprint density at radius 3 is 2.17 bits per heavy atom. The SMILES string of the molecule is CCOC1CN(Cc2ccc(C#Cc3ccc(C(=O)N(C)C(C(=O)CO)C(=O)NC)cc3)cc2)C1. The smallest absolute Gasteiger partial charge is 0.254 e. The summed E-state index contributed by atoms with van der Waals surface area (Å²) in [5, 5.41) is 11.5. The summed E-state index contributed by atoms with van der Waals surface area (Å²) in [5.41, 5.74) is 3.15. The highest BCUT2D eigenvalue weighted by atomic mass is 16.5. The number of ether oxygens (including phenoxy) is 1. The van der Waals surface area contributed by atoms with Crippen LogP contribution >= 0.6 is 0 Å². The van der Waals surface area contributed by atoms with Gasteiger partial charge in [0.1, 0.15) is 6.61 Å². The normalized spacial score (nSPS) is 14.3. The second kappa shape index (κ2) is 12.3. The molecule has 1 fully saturated rings. The van der Waals surface area contributed by atoms with Crippen LogP contribution in [0.3, 0.4) is 0 Å². The van der Waals surface area contributed by atoms with E-state index in [1.165, 1.54) is 19.7 Å². The Kier molecular flexibility index (Phi) is 9.15. The summed E-state index contributed by atoms with van der Waals surface area (Å²) in [6.45, 7) is 4.76. The number of ketones is 1. The first-order valence-electron chi connectivity index (χ1n) is 11.5. The molecule has 2 aromatic rings. The van der Waals surface area contributed by atoms with Crippen molar-refractivity contribution in [3.63, 3.8) is 0 Å². The number of nitrogens with one attached hydrogen (secondary N) is 1. The van der Waals surface area contributed by atoms with Crippen LogP contribution in [0.5, 0.6) is 0 Å². The van der Waals surface area contributed by atoms with Crippen molar-refractivity contribution in [2.45, 2.75) is 25.6 Å². The van der Waals surface area contributed by atoms with Gasteiger partial charge in [-0.2, -0.15) is 0 Å². The Morgan fingerprint density at radius 2 is 1.66 bits per heavy atom. The molecule has 1 aliphatic rings. The molecule has 2 amide bonds. The number of carbonyl (C=O) groups is 3. The fraction of sp³-hybridized carbons (Fsp3) is 0.370. The fourth-order valence-electron chi connectivity index (χ4n) is 3.87. The largest absolute Gasteiger partial charge is 0.388 e. The molecule has 0 radical (unpaired) electrons. The van der Waals surface area contributed by atoms with Crippen LogP contribution in [-0.2, 0) is 20.9 Å². The molecule has 2 aromatic carbocycles. The number of amides is 2. The number of aliphatic hydroxyl groups is 1. The fourth-order valence-corrected chi connectivity index (χ4v) is 3.87. The van der Waals surface area contributed by atoms with Gasteiger partial charge in [-0.25, -0.2) is 0 Å². The molecule has 1 heterocycles. The molecule has 0 spiro atoms. The van der Waals surface area contributed by atoms with Gasteiger partial charge in [0.2, 0.25) is 5.91 Å². The predicted molar refractivity (Wildman–Crippen MR) is 132 cm³/mol. The summed E-state index contributed by atoms with van der Waals surface area (Å²) < 4.78 is 5.59. The van der Waals surface area contributed by atoms with E-state index in [9.17, 15) is 14.4 Å². The van der Waals surface area contributed by atoms with E-state index < -0.39 is 30.2 Å². The third kappa shape index (κ3) is 6.76. The number of likely N-dealkylation sites (N-methyl/N-ethyl adjacent to an activating group) is 2. The zero-order valence-corrected chi connectivity index (χ0v) is 20.3. The number of Topliss-reactive ketones (excluding diaryl/α,β-unsaturated/α-hetero) is 1. The standard InChI is InChI=1S/C27H31N3O5/c1-4-35-23-16-30(17-23)15-21-9-7-19(8-10-21)5-6-20-11-13-22(14-12-20)27(34)29(3)25(24(32)18-31)26(33)28-2/h7-14,23,25,31H,4,15-18H2,1-3H3,(H,28,33). The van der Waals surface area contributed by atoms with Gasteiger partial charge in [0.25, 0.3) is 5.91 Å². The first-order chi connectivity index (χ1) is 16.9. The van der Waals surface area contributed by atoms with Crippen molar-refractivity contribution in [1.82, 2.24) is 15.1 Å². The minimum absolute atomic E-state index is 0.305. The molecule has 184 valence electrons. The second-order valence-corrected chi connectivity index (χ2v) is 8.35. The van der Waals surface area contributed by atoms with Crippen LogP contribution in [0.2, 0.25) is 0 Å². The Bertz CT molecular complexity index is 1080. The van der Waals surface area contributed by atoms with Gasteiger partial charge < -0.3 is 20.1 Å². The molecule has 2 N–H and O–H groups in total. The summed E-state index contributed by atoms with van der Waals surface area (Å²) in [7, 11) is 2.72. The number of hydrogen-bond donors (Lipinski definition) is 2. The van der Waals surface area contributed by atoms with Gasteiger partial charge in [0, 0.05) is 57.0 Å². The van der Waals surface area contributed by atoms with Crippen molar-refractivity contribution in [3.8, 4) is 11.8 Å². The molecule has 0 aromatic heterocycles. The van der Waals surface area contributed by atoms with Gasteiger partial charge in [-0.05, 0) is 48.9 Å². The first kappa shape index (κ1) is 26.1. The Labute approximate surface area is 205 Å². The summed E-state index contributed by atoms with van der Waals surface area (Å²) in [6, 6.07) is 13.4. The third-order valence-corrected chi connectivity index (χ3v) is 5.83. The van der Waals surface area contributed by atoms with Crippen molar-refractivity contribution >= 4 is 17.6 Å². The van der Waals surface area contributed by atoms with Gasteiger partial charge in [0.15, 0.2) is 11.8 Å². The number of benzene rings is 2. The zero-order valence-electron chi connectivity index (χ0n) is 20.3. The van der Waals surface area contributed by atoms with Gasteiger partial charge in [-0.1, -0.05) is 24.0 Å². The molecule has 0 saturated carbocycles. The predicted octanol–water partition coefficient (Wildman–Crippen LogP) is 1.06. The van der Waals surface area contributed by atoms with Crippen LogP contribution in [0.4, 0.5) is 0 Å². The molecule has 8 heteroatoms. The second-order valence-electron chi connectivity index (χ2n) is 8.35. The molecule has 35 heavy (non-hydrogen) atoms. The maximum absolute atomic E-state index is 12.8. The molecule has 1 atom stereocenters. The maximum Gasteiger partial charge on any atom is 0.254 e. The van der Waals surface area contributed by atoms with Gasteiger partial charge in [-0.3, -0.25) is 19.3 Å². The van der Waals surface area contributed by atoms with E-state index in [0.29, 0.717) is 11.7 Å². The van der Waals surface area contributed by atoms with Crippen LogP contribution in [-0.4, -0.2) is 85.0 Å². The average molecular weight is 478 g/mol.